The SMILES string of the molecule is CC(C)Cn1ncnc1CC(=O)C(C)(C)N(C)C. The van der Waals surface area contributed by atoms with Gasteiger partial charge < -0.3 is 0 Å². The first-order valence-electron chi connectivity index (χ1n) is 6.32. The Balaban J connectivity index is 2.79. The first-order valence-corrected chi connectivity index (χ1v) is 6.32. The van der Waals surface area contributed by atoms with Crippen molar-refractivity contribution in [2.45, 2.75) is 46.2 Å². The molecule has 0 aliphatic rings. The predicted molar refractivity (Wildman–Crippen MR) is 71.3 cm³/mol. The molecule has 0 amide bonds. The third kappa shape index (κ3) is 3.38. The molecule has 1 heterocycles. The van der Waals surface area contributed by atoms with Crippen LogP contribution in [0.4, 0.5) is 0 Å². The lowest BCUT2D eigenvalue weighted by molar-refractivity contribution is -0.127. The summed E-state index contributed by atoms with van der Waals surface area (Å²) in [6.45, 7) is 8.90. The van der Waals surface area contributed by atoms with Gasteiger partial charge >= 0.3 is 0 Å². The molecule has 0 saturated heterocycles. The largest absolute Gasteiger partial charge is 0.298 e. The predicted octanol–water partition coefficient (Wildman–Crippen LogP) is 1.39. The van der Waals surface area contributed by atoms with Crippen molar-refractivity contribution in [3.63, 3.8) is 0 Å². The summed E-state index contributed by atoms with van der Waals surface area (Å²) in [4.78, 5) is 18.4. The first kappa shape index (κ1) is 14.8. The van der Waals surface area contributed by atoms with E-state index >= 15 is 0 Å². The molecule has 0 aliphatic heterocycles. The minimum atomic E-state index is -0.478. The zero-order chi connectivity index (χ0) is 13.9. The third-order valence-corrected chi connectivity index (χ3v) is 3.35. The van der Waals surface area contributed by atoms with Crippen LogP contribution in [0, 0.1) is 5.92 Å². The first-order chi connectivity index (χ1) is 8.25. The Morgan fingerprint density at radius 1 is 1.44 bits per heavy atom. The molecule has 0 atom stereocenters. The molecule has 0 bridgehead atoms. The smallest absolute Gasteiger partial charge is 0.160 e. The number of likely N-dealkylation sites (N-methyl/N-ethyl adjacent to an activating group) is 1. The highest BCUT2D eigenvalue weighted by Crippen LogP contribution is 2.14. The fraction of sp³-hybridized carbons (Fsp3) is 0.769. The molecule has 0 unspecified atom stereocenters. The van der Waals surface area contributed by atoms with E-state index in [4.69, 9.17) is 0 Å². The minimum Gasteiger partial charge on any atom is -0.298 e. The van der Waals surface area contributed by atoms with Crippen LogP contribution in [-0.4, -0.2) is 45.1 Å². The van der Waals surface area contributed by atoms with Crippen LogP contribution in [0.15, 0.2) is 6.33 Å². The fourth-order valence-corrected chi connectivity index (χ4v) is 1.53. The van der Waals surface area contributed by atoms with Crippen molar-refractivity contribution < 1.29 is 4.79 Å². The molecule has 1 rings (SSSR count). The van der Waals surface area contributed by atoms with Crippen LogP contribution in [0.3, 0.4) is 0 Å². The maximum absolute atomic E-state index is 12.3. The van der Waals surface area contributed by atoms with Gasteiger partial charge in [-0.1, -0.05) is 13.8 Å². The van der Waals surface area contributed by atoms with E-state index in [2.05, 4.69) is 23.9 Å². The van der Waals surface area contributed by atoms with Gasteiger partial charge in [0.05, 0.1) is 12.0 Å². The van der Waals surface area contributed by atoms with Crippen LogP contribution in [0.25, 0.3) is 0 Å². The van der Waals surface area contributed by atoms with Gasteiger partial charge in [-0.3, -0.25) is 9.69 Å². The average molecular weight is 252 g/mol. The number of carbonyl (C=O) groups is 1. The van der Waals surface area contributed by atoms with E-state index in [-0.39, 0.29) is 5.78 Å². The van der Waals surface area contributed by atoms with Crippen LogP contribution in [0.5, 0.6) is 0 Å². The highest BCUT2D eigenvalue weighted by molar-refractivity contribution is 5.88. The molecular formula is C13H24N4O. The van der Waals surface area contributed by atoms with Crippen molar-refractivity contribution in [1.82, 2.24) is 19.7 Å². The van der Waals surface area contributed by atoms with E-state index in [0.717, 1.165) is 12.4 Å². The maximum Gasteiger partial charge on any atom is 0.160 e. The van der Waals surface area contributed by atoms with Gasteiger partial charge in [-0.25, -0.2) is 9.67 Å². The van der Waals surface area contributed by atoms with Gasteiger partial charge in [-0.15, -0.1) is 0 Å². The molecule has 0 radical (unpaired) electrons. The second-order valence-electron chi connectivity index (χ2n) is 5.81. The van der Waals surface area contributed by atoms with E-state index in [9.17, 15) is 4.79 Å². The van der Waals surface area contributed by atoms with E-state index in [1.54, 1.807) is 0 Å². The number of carbonyl (C=O) groups excluding carboxylic acids is 1. The summed E-state index contributed by atoms with van der Waals surface area (Å²) in [5, 5.41) is 4.18. The Labute approximate surface area is 109 Å². The lowest BCUT2D eigenvalue weighted by Crippen LogP contribution is -2.46. The molecule has 18 heavy (non-hydrogen) atoms. The normalized spacial score (nSPS) is 12.4. The number of nitrogens with zero attached hydrogens (tertiary/aromatic N) is 4. The van der Waals surface area contributed by atoms with Crippen LogP contribution in [-0.2, 0) is 17.8 Å². The van der Waals surface area contributed by atoms with Crippen molar-refractivity contribution in [2.75, 3.05) is 14.1 Å². The van der Waals surface area contributed by atoms with Crippen molar-refractivity contribution in [1.29, 1.82) is 0 Å². The molecule has 0 N–H and O–H groups in total. The lowest BCUT2D eigenvalue weighted by atomic mass is 9.95. The highest BCUT2D eigenvalue weighted by atomic mass is 16.1. The van der Waals surface area contributed by atoms with Crippen molar-refractivity contribution in [2.24, 2.45) is 5.92 Å². The van der Waals surface area contributed by atoms with Gasteiger partial charge in [0.1, 0.15) is 12.2 Å². The van der Waals surface area contributed by atoms with Gasteiger partial charge in [-0.2, -0.15) is 5.10 Å². The molecule has 5 nitrogen and oxygen atoms in total. The third-order valence-electron chi connectivity index (χ3n) is 3.35. The molecular weight excluding hydrogens is 228 g/mol. The van der Waals surface area contributed by atoms with Gasteiger partial charge in [0.25, 0.3) is 0 Å². The highest BCUT2D eigenvalue weighted by Gasteiger charge is 2.30. The van der Waals surface area contributed by atoms with Crippen molar-refractivity contribution >= 4 is 5.78 Å². The molecule has 0 aromatic carbocycles. The number of ketones is 1. The lowest BCUT2D eigenvalue weighted by Gasteiger charge is -2.30. The Hall–Kier alpha value is -1.23. The monoisotopic (exact) mass is 252 g/mol. The summed E-state index contributed by atoms with van der Waals surface area (Å²) in [5.74, 6) is 1.40. The second kappa shape index (κ2) is 5.61. The summed E-state index contributed by atoms with van der Waals surface area (Å²) in [7, 11) is 3.83. The zero-order valence-corrected chi connectivity index (χ0v) is 12.3. The number of hydrogen-bond donors (Lipinski definition) is 0. The number of Topliss-reactive ketones (excluding diaryl/α,β-unsaturated/α-hetero) is 1. The topological polar surface area (TPSA) is 51.0 Å². The second-order valence-corrected chi connectivity index (χ2v) is 5.81. The molecule has 0 fully saturated rings. The van der Waals surface area contributed by atoms with E-state index in [1.807, 2.05) is 37.5 Å². The Bertz CT molecular complexity index is 407. The molecule has 0 spiro atoms. The summed E-state index contributed by atoms with van der Waals surface area (Å²) < 4.78 is 1.83. The van der Waals surface area contributed by atoms with Crippen molar-refractivity contribution in [3.05, 3.63) is 12.2 Å². The molecule has 0 aliphatic carbocycles. The van der Waals surface area contributed by atoms with Crippen LogP contribution < -0.4 is 0 Å². The Morgan fingerprint density at radius 2 is 2.06 bits per heavy atom. The maximum atomic E-state index is 12.3. The zero-order valence-electron chi connectivity index (χ0n) is 12.3. The molecule has 102 valence electrons. The van der Waals surface area contributed by atoms with E-state index < -0.39 is 5.54 Å². The van der Waals surface area contributed by atoms with Gasteiger partial charge in [0, 0.05) is 6.54 Å². The van der Waals surface area contributed by atoms with E-state index in [0.29, 0.717) is 12.3 Å². The Kier molecular flexibility index (Phi) is 4.62. The van der Waals surface area contributed by atoms with Gasteiger partial charge in [0.2, 0.25) is 0 Å². The van der Waals surface area contributed by atoms with Crippen molar-refractivity contribution in [3.8, 4) is 0 Å². The average Bonchev–Trinajstić information content (AvgIpc) is 2.64. The molecule has 0 saturated carbocycles. The summed E-state index contributed by atoms with van der Waals surface area (Å²) >= 11 is 0. The fourth-order valence-electron chi connectivity index (χ4n) is 1.53. The van der Waals surface area contributed by atoms with Crippen LogP contribution in [0.2, 0.25) is 0 Å². The molecule has 1 aromatic rings. The number of hydrogen-bond acceptors (Lipinski definition) is 4. The molecule has 5 heteroatoms. The quantitative estimate of drug-likeness (QED) is 0.767. The summed E-state index contributed by atoms with van der Waals surface area (Å²) in [6.07, 6.45) is 1.85. The minimum absolute atomic E-state index is 0.158. The van der Waals surface area contributed by atoms with Crippen LogP contribution in [0.1, 0.15) is 33.5 Å². The standard InChI is InChI=1S/C13H24N4O/c1-10(2)8-17-12(14-9-15-17)7-11(18)13(3,4)16(5)6/h9-10H,7-8H2,1-6H3. The number of aromatic nitrogens is 3. The molecule has 1 aromatic heterocycles. The van der Waals surface area contributed by atoms with Crippen LogP contribution >= 0.6 is 0 Å². The van der Waals surface area contributed by atoms with Gasteiger partial charge in [0.15, 0.2) is 5.78 Å². The summed E-state index contributed by atoms with van der Waals surface area (Å²) in [6, 6.07) is 0. The number of rotatable bonds is 6. The Morgan fingerprint density at radius 3 is 2.56 bits per heavy atom. The summed E-state index contributed by atoms with van der Waals surface area (Å²) in [5.41, 5.74) is -0.478. The van der Waals surface area contributed by atoms with Gasteiger partial charge in [-0.05, 0) is 33.9 Å². The van der Waals surface area contributed by atoms with E-state index in [1.165, 1.54) is 6.33 Å².